The minimum absolute atomic E-state index is 0.0371. The fourth-order valence-electron chi connectivity index (χ4n) is 4.45. The number of hydrogen-bond donors (Lipinski definition) is 5. The molecule has 12 heteroatoms. The van der Waals surface area contributed by atoms with E-state index in [1.807, 2.05) is 11.9 Å². The van der Waals surface area contributed by atoms with Gasteiger partial charge in [-0.2, -0.15) is 0 Å². The molecule has 0 saturated carbocycles. The van der Waals surface area contributed by atoms with Crippen molar-refractivity contribution < 1.29 is 44.2 Å². The molecule has 8 atom stereocenters. The average molecular weight is 529 g/mol. The number of rotatable bonds is 10. The number of phenols is 1. The summed E-state index contributed by atoms with van der Waals surface area (Å²) in [6, 6.07) is 4.91. The van der Waals surface area contributed by atoms with Crippen molar-refractivity contribution in [3.63, 3.8) is 0 Å². The Bertz CT molecular complexity index is 891. The molecule has 0 aliphatic carbocycles. The molecule has 2 aliphatic heterocycles. The maximum absolute atomic E-state index is 13.0. The van der Waals surface area contributed by atoms with Crippen molar-refractivity contribution in [2.75, 3.05) is 33.1 Å². The van der Waals surface area contributed by atoms with Crippen molar-refractivity contribution in [2.45, 2.75) is 67.8 Å². The molecule has 5 N–H and O–H groups in total. The van der Waals surface area contributed by atoms with Crippen molar-refractivity contribution in [1.82, 2.24) is 10.2 Å². The van der Waals surface area contributed by atoms with Crippen LogP contribution in [0.5, 0.6) is 5.75 Å². The van der Waals surface area contributed by atoms with Gasteiger partial charge in [0.05, 0.1) is 18.2 Å². The number of aliphatic hydroxyl groups excluding tert-OH is 3. The highest BCUT2D eigenvalue weighted by atomic mass is 32.2. The van der Waals surface area contributed by atoms with Crippen molar-refractivity contribution >= 4 is 23.6 Å². The van der Waals surface area contributed by atoms with Gasteiger partial charge in [-0.25, -0.2) is 4.79 Å². The van der Waals surface area contributed by atoms with Crippen molar-refractivity contribution in [3.05, 3.63) is 29.8 Å². The number of ether oxygens (including phenoxy) is 3. The molecule has 1 aromatic carbocycles. The van der Waals surface area contributed by atoms with E-state index in [2.05, 4.69) is 5.32 Å². The zero-order valence-corrected chi connectivity index (χ0v) is 21.5. The van der Waals surface area contributed by atoms with Gasteiger partial charge in [-0.15, -0.1) is 11.8 Å². The summed E-state index contributed by atoms with van der Waals surface area (Å²) in [6.07, 6.45) is -4.42. The van der Waals surface area contributed by atoms with Gasteiger partial charge in [-0.1, -0.05) is 12.1 Å². The number of benzene rings is 1. The topological polar surface area (TPSA) is 158 Å². The van der Waals surface area contributed by atoms with Gasteiger partial charge in [0.15, 0.2) is 0 Å². The Hall–Kier alpha value is -1.93. The minimum Gasteiger partial charge on any atom is -0.507 e. The fourth-order valence-corrected chi connectivity index (χ4v) is 5.42. The first-order chi connectivity index (χ1) is 17.1. The summed E-state index contributed by atoms with van der Waals surface area (Å²) in [4.78, 5) is 27.1. The second-order valence-electron chi connectivity index (χ2n) is 9.08. The normalized spacial score (nSPS) is 30.5. The Morgan fingerprint density at radius 3 is 2.58 bits per heavy atom. The van der Waals surface area contributed by atoms with Gasteiger partial charge in [-0.05, 0) is 45.5 Å². The van der Waals surface area contributed by atoms with Gasteiger partial charge in [0, 0.05) is 12.9 Å². The lowest BCUT2D eigenvalue weighted by Crippen LogP contribution is -2.66. The van der Waals surface area contributed by atoms with Crippen LogP contribution in [0.1, 0.15) is 30.1 Å². The number of phenolic OH excluding ortho intramolecular Hbond substituents is 1. The number of nitrogens with zero attached hydrogens (tertiary/aromatic N) is 1. The molecule has 1 aromatic rings. The zero-order chi connectivity index (χ0) is 26.4. The van der Waals surface area contributed by atoms with Crippen LogP contribution in [0, 0.1) is 0 Å². The third-order valence-corrected chi connectivity index (χ3v) is 7.81. The summed E-state index contributed by atoms with van der Waals surface area (Å²) >= 11 is 1.09. The maximum atomic E-state index is 13.0. The first-order valence-corrected chi connectivity index (χ1v) is 13.0. The van der Waals surface area contributed by atoms with Crippen LogP contribution in [0.2, 0.25) is 0 Å². The molecule has 0 radical (unpaired) electrons. The fraction of sp³-hybridized carbons (Fsp3) is 0.667. The van der Waals surface area contributed by atoms with Crippen molar-refractivity contribution in [3.8, 4) is 5.75 Å². The summed E-state index contributed by atoms with van der Waals surface area (Å²) in [6.45, 7) is 2.48. The number of aliphatic hydroxyl groups is 3. The highest BCUT2D eigenvalue weighted by Gasteiger charge is 2.49. The Labute approximate surface area is 214 Å². The number of hydrogen-bond acceptors (Lipinski definition) is 11. The monoisotopic (exact) mass is 528 g/mol. The van der Waals surface area contributed by atoms with E-state index < -0.39 is 48.0 Å². The second kappa shape index (κ2) is 13.0. The number of likely N-dealkylation sites (tertiary alicyclic amines) is 1. The number of likely N-dealkylation sites (N-methyl/N-ethyl adjacent to an activating group) is 1. The average Bonchev–Trinajstić information content (AvgIpc) is 3.30. The lowest BCUT2D eigenvalue weighted by atomic mass is 9.92. The number of methoxy groups -OCH3 is 1. The van der Waals surface area contributed by atoms with E-state index in [0.29, 0.717) is 6.42 Å². The number of esters is 1. The van der Waals surface area contributed by atoms with Crippen LogP contribution in [0.15, 0.2) is 24.3 Å². The van der Waals surface area contributed by atoms with Gasteiger partial charge in [-0.3, -0.25) is 9.69 Å². The van der Waals surface area contributed by atoms with Crippen LogP contribution in [-0.4, -0.2) is 118 Å². The van der Waals surface area contributed by atoms with E-state index in [0.717, 1.165) is 24.7 Å². The standard InChI is InChI=1S/C24H36N2O9S/c1-13(33-3)17(25-22(31)15-8-6-10-26(15)2)21-19(29)18(28)20(30)24(35-21)36-12-11-34-23(32)14-7-4-5-9-16(14)27/h4-5,7,9,13,15,17-21,24,27-30H,6,8,10-12H2,1-3H3,(H,25,31). The third kappa shape index (κ3) is 6.68. The predicted molar refractivity (Wildman–Crippen MR) is 132 cm³/mol. The quantitative estimate of drug-likeness (QED) is 0.201. The molecule has 0 aromatic heterocycles. The molecule has 2 saturated heterocycles. The summed E-state index contributed by atoms with van der Waals surface area (Å²) in [5, 5.41) is 44.4. The molecule has 0 bridgehead atoms. The summed E-state index contributed by atoms with van der Waals surface area (Å²) < 4.78 is 16.6. The highest BCUT2D eigenvalue weighted by molar-refractivity contribution is 7.99. The molecule has 11 nitrogen and oxygen atoms in total. The Balaban J connectivity index is 1.62. The number of para-hydroxylation sites is 1. The Morgan fingerprint density at radius 2 is 1.94 bits per heavy atom. The van der Waals surface area contributed by atoms with E-state index in [1.165, 1.54) is 19.2 Å². The SMILES string of the molecule is COC(C)C(NC(=O)C1CCCN1C)C1OC(SCCOC(=O)c2ccccc2O)C(O)C(O)C1O. The molecule has 3 rings (SSSR count). The molecule has 8 unspecified atom stereocenters. The smallest absolute Gasteiger partial charge is 0.341 e. The molecule has 36 heavy (non-hydrogen) atoms. The Kier molecular flexibility index (Phi) is 10.4. The number of nitrogens with one attached hydrogen (secondary N) is 1. The number of carbonyl (C=O) groups is 2. The third-order valence-electron chi connectivity index (χ3n) is 6.69. The van der Waals surface area contributed by atoms with E-state index >= 15 is 0 Å². The molecule has 2 heterocycles. The van der Waals surface area contributed by atoms with E-state index in [4.69, 9.17) is 14.2 Å². The lowest BCUT2D eigenvalue weighted by Gasteiger charge is -2.44. The predicted octanol–water partition coefficient (Wildman–Crippen LogP) is -0.296. The van der Waals surface area contributed by atoms with Crippen LogP contribution < -0.4 is 5.32 Å². The minimum atomic E-state index is -1.53. The van der Waals surface area contributed by atoms with E-state index in [9.17, 15) is 30.0 Å². The van der Waals surface area contributed by atoms with Gasteiger partial charge < -0.3 is 40.0 Å². The van der Waals surface area contributed by atoms with Crippen LogP contribution >= 0.6 is 11.8 Å². The molecular weight excluding hydrogens is 492 g/mol. The molecule has 1 amide bonds. The van der Waals surface area contributed by atoms with Crippen LogP contribution in [0.25, 0.3) is 0 Å². The summed E-state index contributed by atoms with van der Waals surface area (Å²) in [5.41, 5.74) is -0.926. The van der Waals surface area contributed by atoms with Gasteiger partial charge in [0.25, 0.3) is 0 Å². The number of thioether (sulfide) groups is 1. The van der Waals surface area contributed by atoms with Gasteiger partial charge >= 0.3 is 5.97 Å². The Morgan fingerprint density at radius 1 is 1.22 bits per heavy atom. The van der Waals surface area contributed by atoms with Crippen LogP contribution in [0.4, 0.5) is 0 Å². The largest absolute Gasteiger partial charge is 0.507 e. The van der Waals surface area contributed by atoms with Crippen molar-refractivity contribution in [2.24, 2.45) is 0 Å². The van der Waals surface area contributed by atoms with E-state index in [-0.39, 0.29) is 35.6 Å². The summed E-state index contributed by atoms with van der Waals surface area (Å²) in [7, 11) is 3.34. The first kappa shape index (κ1) is 28.6. The van der Waals surface area contributed by atoms with Crippen LogP contribution in [0.3, 0.4) is 0 Å². The van der Waals surface area contributed by atoms with E-state index in [1.54, 1.807) is 19.1 Å². The number of aromatic hydroxyl groups is 1. The highest BCUT2D eigenvalue weighted by Crippen LogP contribution is 2.31. The number of carbonyl (C=O) groups excluding carboxylic acids is 2. The van der Waals surface area contributed by atoms with Crippen LogP contribution in [-0.2, 0) is 19.0 Å². The van der Waals surface area contributed by atoms with Crippen molar-refractivity contribution in [1.29, 1.82) is 0 Å². The molecule has 0 spiro atoms. The number of amides is 1. The first-order valence-electron chi connectivity index (χ1n) is 12.0. The maximum Gasteiger partial charge on any atom is 0.341 e. The summed E-state index contributed by atoms with van der Waals surface area (Å²) in [5.74, 6) is -0.896. The lowest BCUT2D eigenvalue weighted by molar-refractivity contribution is -0.212. The van der Waals surface area contributed by atoms with Gasteiger partial charge in [0.2, 0.25) is 5.91 Å². The zero-order valence-electron chi connectivity index (χ0n) is 20.6. The molecule has 2 aliphatic rings. The molecular formula is C24H36N2O9S. The molecule has 202 valence electrons. The van der Waals surface area contributed by atoms with Gasteiger partial charge in [0.1, 0.15) is 47.8 Å². The second-order valence-corrected chi connectivity index (χ2v) is 10.3. The molecule has 2 fully saturated rings.